The number of nitro groups is 1. The number of benzene rings is 2. The Kier molecular flexibility index (Phi) is 5.23. The van der Waals surface area contributed by atoms with Crippen LogP contribution >= 0.6 is 12.2 Å². The summed E-state index contributed by atoms with van der Waals surface area (Å²) in [6.45, 7) is 0. The number of hydrogen-bond donors (Lipinski definition) is 2. The lowest BCUT2D eigenvalue weighted by Gasteiger charge is -2.26. The fourth-order valence-corrected chi connectivity index (χ4v) is 4.32. The van der Waals surface area contributed by atoms with Crippen LogP contribution in [0.3, 0.4) is 0 Å². The van der Waals surface area contributed by atoms with Crippen molar-refractivity contribution in [1.82, 2.24) is 10.3 Å². The van der Waals surface area contributed by atoms with Crippen LogP contribution in [-0.4, -0.2) is 20.1 Å². The summed E-state index contributed by atoms with van der Waals surface area (Å²) in [7, 11) is 0. The van der Waals surface area contributed by atoms with Gasteiger partial charge in [-0.15, -0.1) is 0 Å². The molecule has 2 aromatic heterocycles. The van der Waals surface area contributed by atoms with Crippen LogP contribution < -0.4 is 10.2 Å². The SMILES string of the molecule is O=[N+]([O-])c1cccc(-c2ccc([C@H]3[C@@H](c4ccccn4)NC(=S)N3c3ccc(O)cc3)o2)c1. The number of nitro benzene ring substituents is 1. The highest BCUT2D eigenvalue weighted by molar-refractivity contribution is 7.80. The van der Waals surface area contributed by atoms with Crippen LogP contribution in [0.2, 0.25) is 0 Å². The van der Waals surface area contributed by atoms with E-state index in [9.17, 15) is 15.2 Å². The quantitative estimate of drug-likeness (QED) is 0.241. The molecule has 9 heteroatoms. The van der Waals surface area contributed by atoms with E-state index in [0.717, 1.165) is 11.4 Å². The van der Waals surface area contributed by atoms with Crippen LogP contribution in [0, 0.1) is 10.1 Å². The summed E-state index contributed by atoms with van der Waals surface area (Å²) in [6, 6.07) is 21.7. The summed E-state index contributed by atoms with van der Waals surface area (Å²) in [5, 5.41) is 24.7. The molecule has 33 heavy (non-hydrogen) atoms. The molecule has 0 bridgehead atoms. The van der Waals surface area contributed by atoms with E-state index in [0.29, 0.717) is 22.2 Å². The second kappa shape index (κ2) is 8.36. The van der Waals surface area contributed by atoms with Crippen molar-refractivity contribution in [2.24, 2.45) is 0 Å². The number of hydrogen-bond acceptors (Lipinski definition) is 6. The number of anilines is 1. The number of aromatic nitrogens is 1. The maximum atomic E-state index is 11.2. The minimum absolute atomic E-state index is 0.00811. The number of thiocarbonyl (C=S) groups is 1. The van der Waals surface area contributed by atoms with E-state index >= 15 is 0 Å². The molecule has 5 rings (SSSR count). The van der Waals surface area contributed by atoms with Gasteiger partial charge in [0.2, 0.25) is 0 Å². The summed E-state index contributed by atoms with van der Waals surface area (Å²) >= 11 is 5.66. The fourth-order valence-electron chi connectivity index (χ4n) is 3.97. The van der Waals surface area contributed by atoms with E-state index < -0.39 is 4.92 Å². The summed E-state index contributed by atoms with van der Waals surface area (Å²) in [4.78, 5) is 17.2. The van der Waals surface area contributed by atoms with Gasteiger partial charge in [0.25, 0.3) is 5.69 Å². The third-order valence-corrected chi connectivity index (χ3v) is 5.80. The van der Waals surface area contributed by atoms with Gasteiger partial charge in [-0.05, 0) is 60.7 Å². The van der Waals surface area contributed by atoms with Gasteiger partial charge >= 0.3 is 0 Å². The Morgan fingerprint density at radius 3 is 2.61 bits per heavy atom. The largest absolute Gasteiger partial charge is 0.508 e. The number of pyridine rings is 1. The number of non-ortho nitro benzene ring substituents is 1. The molecule has 2 N–H and O–H groups in total. The summed E-state index contributed by atoms with van der Waals surface area (Å²) in [5.74, 6) is 1.28. The van der Waals surface area contributed by atoms with Gasteiger partial charge in [0.15, 0.2) is 5.11 Å². The minimum Gasteiger partial charge on any atom is -0.508 e. The maximum Gasteiger partial charge on any atom is 0.270 e. The number of phenolic OH excluding ortho intramolecular Hbond substituents is 1. The van der Waals surface area contributed by atoms with E-state index in [4.69, 9.17) is 16.6 Å². The monoisotopic (exact) mass is 458 g/mol. The molecule has 0 saturated carbocycles. The van der Waals surface area contributed by atoms with E-state index in [1.54, 1.807) is 48.7 Å². The molecular weight excluding hydrogens is 440 g/mol. The number of furan rings is 1. The molecule has 164 valence electrons. The predicted octanol–water partition coefficient (Wildman–Crippen LogP) is 5.13. The van der Waals surface area contributed by atoms with Gasteiger partial charge in [0.1, 0.15) is 23.3 Å². The van der Waals surface area contributed by atoms with Crippen molar-refractivity contribution in [1.29, 1.82) is 0 Å². The lowest BCUT2D eigenvalue weighted by atomic mass is 10.0. The molecule has 0 unspecified atom stereocenters. The summed E-state index contributed by atoms with van der Waals surface area (Å²) < 4.78 is 6.22. The van der Waals surface area contributed by atoms with Crippen molar-refractivity contribution in [3.05, 3.63) is 107 Å². The highest BCUT2D eigenvalue weighted by Gasteiger charge is 2.42. The normalized spacial score (nSPS) is 17.7. The Bertz CT molecular complexity index is 1320. The molecule has 8 nitrogen and oxygen atoms in total. The van der Waals surface area contributed by atoms with Crippen LogP contribution in [0.1, 0.15) is 23.5 Å². The average molecular weight is 458 g/mol. The first kappa shape index (κ1) is 20.7. The second-order valence-electron chi connectivity index (χ2n) is 7.52. The van der Waals surface area contributed by atoms with Crippen molar-refractivity contribution in [3.8, 4) is 17.1 Å². The van der Waals surface area contributed by atoms with Crippen LogP contribution in [0.4, 0.5) is 11.4 Å². The second-order valence-corrected chi connectivity index (χ2v) is 7.91. The van der Waals surface area contributed by atoms with Crippen molar-refractivity contribution in [2.45, 2.75) is 12.1 Å². The molecule has 3 heterocycles. The Balaban J connectivity index is 1.58. The lowest BCUT2D eigenvalue weighted by Crippen LogP contribution is -2.29. The predicted molar refractivity (Wildman–Crippen MR) is 127 cm³/mol. The molecule has 1 aliphatic heterocycles. The van der Waals surface area contributed by atoms with Gasteiger partial charge in [-0.3, -0.25) is 15.1 Å². The Morgan fingerprint density at radius 1 is 1.06 bits per heavy atom. The summed E-state index contributed by atoms with van der Waals surface area (Å²) in [6.07, 6.45) is 1.72. The Labute approximate surface area is 194 Å². The topological polar surface area (TPSA) is 105 Å². The van der Waals surface area contributed by atoms with Crippen LogP contribution in [-0.2, 0) is 0 Å². The summed E-state index contributed by atoms with van der Waals surface area (Å²) in [5.41, 5.74) is 2.17. The molecule has 2 atom stereocenters. The van der Waals surface area contributed by atoms with Gasteiger partial charge in [-0.2, -0.15) is 0 Å². The zero-order valence-electron chi connectivity index (χ0n) is 17.2. The first-order valence-electron chi connectivity index (χ1n) is 10.2. The van der Waals surface area contributed by atoms with E-state index in [-0.39, 0.29) is 23.5 Å². The lowest BCUT2D eigenvalue weighted by molar-refractivity contribution is -0.384. The van der Waals surface area contributed by atoms with Crippen LogP contribution in [0.5, 0.6) is 5.75 Å². The van der Waals surface area contributed by atoms with Gasteiger partial charge in [0.05, 0.1) is 16.7 Å². The molecule has 2 aromatic carbocycles. The highest BCUT2D eigenvalue weighted by atomic mass is 32.1. The van der Waals surface area contributed by atoms with Crippen LogP contribution in [0.15, 0.2) is 89.5 Å². The number of nitrogens with one attached hydrogen (secondary N) is 1. The first-order chi connectivity index (χ1) is 16.0. The maximum absolute atomic E-state index is 11.2. The van der Waals surface area contributed by atoms with Crippen molar-refractivity contribution < 1.29 is 14.4 Å². The molecule has 0 amide bonds. The number of nitrogens with zero attached hydrogens (tertiary/aromatic N) is 3. The molecule has 0 aliphatic carbocycles. The highest BCUT2D eigenvalue weighted by Crippen LogP contribution is 2.43. The van der Waals surface area contributed by atoms with Crippen molar-refractivity contribution in [3.63, 3.8) is 0 Å². The number of phenols is 1. The first-order valence-corrected chi connectivity index (χ1v) is 10.6. The average Bonchev–Trinajstić information content (AvgIpc) is 3.45. The zero-order chi connectivity index (χ0) is 22.9. The van der Waals surface area contributed by atoms with Gasteiger partial charge < -0.3 is 19.7 Å². The van der Waals surface area contributed by atoms with E-state index in [2.05, 4.69) is 10.3 Å². The molecule has 1 aliphatic rings. The molecule has 0 spiro atoms. The van der Waals surface area contributed by atoms with Gasteiger partial charge in [-0.25, -0.2) is 0 Å². The van der Waals surface area contributed by atoms with Gasteiger partial charge in [0, 0.05) is 29.6 Å². The number of aromatic hydroxyl groups is 1. The molecule has 0 radical (unpaired) electrons. The smallest absolute Gasteiger partial charge is 0.270 e. The molecular formula is C24H18N4O4S. The molecule has 1 fully saturated rings. The van der Waals surface area contributed by atoms with Crippen LogP contribution in [0.25, 0.3) is 11.3 Å². The van der Waals surface area contributed by atoms with Crippen molar-refractivity contribution >= 4 is 28.7 Å². The van der Waals surface area contributed by atoms with Crippen molar-refractivity contribution in [2.75, 3.05) is 4.90 Å². The number of rotatable bonds is 5. The standard InChI is InChI=1S/C24H18N4O4S/c29-18-9-7-16(8-10-18)27-23(22(26-24(27)33)19-6-1-2-13-25-19)21-12-11-20(32-21)15-4-3-5-17(14-15)28(30)31/h1-14,22-23,29H,(H,26,33)/t22-,23+/m1/s1. The van der Waals surface area contributed by atoms with E-state index in [1.807, 2.05) is 29.2 Å². The molecule has 1 saturated heterocycles. The minimum atomic E-state index is -0.434. The van der Waals surface area contributed by atoms with Gasteiger partial charge in [-0.1, -0.05) is 18.2 Å². The fraction of sp³-hybridized carbons (Fsp3) is 0.0833. The van der Waals surface area contributed by atoms with E-state index in [1.165, 1.54) is 12.1 Å². The zero-order valence-corrected chi connectivity index (χ0v) is 18.0. The Hall–Kier alpha value is -4.24. The third kappa shape index (κ3) is 3.90. The Morgan fingerprint density at radius 2 is 1.88 bits per heavy atom. The third-order valence-electron chi connectivity index (χ3n) is 5.49. The molecule has 4 aromatic rings.